The summed E-state index contributed by atoms with van der Waals surface area (Å²) in [6, 6.07) is 9.98. The molecule has 2 heterocycles. The Bertz CT molecular complexity index is 578. The molecule has 0 spiro atoms. The second-order valence-corrected chi connectivity index (χ2v) is 6.09. The molecule has 0 unspecified atom stereocenters. The molecule has 0 aliphatic carbocycles. The molecule has 1 aromatic rings. The fraction of sp³-hybridized carbons (Fsp3) is 0.529. The van der Waals surface area contributed by atoms with Gasteiger partial charge in [0.1, 0.15) is 0 Å². The number of benzene rings is 1. The van der Waals surface area contributed by atoms with E-state index < -0.39 is 0 Å². The number of likely N-dealkylation sites (tertiary alicyclic amines) is 2. The summed E-state index contributed by atoms with van der Waals surface area (Å²) in [6.45, 7) is 1.97. The molecule has 2 atom stereocenters. The molecule has 1 amide bonds. The molecule has 2 fully saturated rings. The first kappa shape index (κ1) is 14.1. The van der Waals surface area contributed by atoms with Crippen molar-refractivity contribution in [1.29, 1.82) is 5.26 Å². The molecule has 0 saturated carbocycles. The van der Waals surface area contributed by atoms with E-state index in [2.05, 4.69) is 18.0 Å². The Morgan fingerprint density at radius 3 is 2.71 bits per heavy atom. The van der Waals surface area contributed by atoms with E-state index in [0.29, 0.717) is 23.2 Å². The van der Waals surface area contributed by atoms with Crippen LogP contribution in [0.5, 0.6) is 0 Å². The summed E-state index contributed by atoms with van der Waals surface area (Å²) in [5.74, 6) is 0.0786. The molecular weight excluding hydrogens is 262 g/mol. The molecule has 0 aromatic heterocycles. The Labute approximate surface area is 126 Å². The van der Waals surface area contributed by atoms with E-state index in [1.165, 1.54) is 12.8 Å². The molecule has 4 heteroatoms. The maximum atomic E-state index is 12.8. The van der Waals surface area contributed by atoms with Gasteiger partial charge in [0.05, 0.1) is 11.6 Å². The average molecular weight is 283 g/mol. The van der Waals surface area contributed by atoms with Gasteiger partial charge in [-0.2, -0.15) is 5.26 Å². The Morgan fingerprint density at radius 2 is 2.00 bits per heavy atom. The van der Waals surface area contributed by atoms with Gasteiger partial charge < -0.3 is 9.80 Å². The van der Waals surface area contributed by atoms with Crippen LogP contribution >= 0.6 is 0 Å². The van der Waals surface area contributed by atoms with E-state index in [4.69, 9.17) is 5.26 Å². The smallest absolute Gasteiger partial charge is 0.254 e. The van der Waals surface area contributed by atoms with E-state index in [-0.39, 0.29) is 5.91 Å². The number of likely N-dealkylation sites (N-methyl/N-ethyl adjacent to an activating group) is 1. The van der Waals surface area contributed by atoms with Gasteiger partial charge in [0.25, 0.3) is 5.91 Å². The summed E-state index contributed by atoms with van der Waals surface area (Å²) in [7, 11) is 2.16. The summed E-state index contributed by atoms with van der Waals surface area (Å²) >= 11 is 0. The first-order valence-corrected chi connectivity index (χ1v) is 7.72. The Hall–Kier alpha value is -1.86. The second-order valence-electron chi connectivity index (χ2n) is 6.09. The van der Waals surface area contributed by atoms with Crippen LogP contribution in [0.3, 0.4) is 0 Å². The largest absolute Gasteiger partial charge is 0.334 e. The quantitative estimate of drug-likeness (QED) is 0.836. The number of amides is 1. The van der Waals surface area contributed by atoms with Crippen molar-refractivity contribution in [3.8, 4) is 6.07 Å². The number of nitriles is 1. The lowest BCUT2D eigenvalue weighted by Gasteiger charge is -2.33. The van der Waals surface area contributed by atoms with Crippen molar-refractivity contribution in [2.45, 2.75) is 37.8 Å². The van der Waals surface area contributed by atoms with Crippen molar-refractivity contribution in [2.75, 3.05) is 20.1 Å². The molecule has 2 aliphatic rings. The SMILES string of the molecule is CN1CCC[C@H]1[C@@H]1CCCN1C(=O)c1cccc(C#N)c1. The number of carbonyl (C=O) groups is 1. The van der Waals surface area contributed by atoms with Crippen molar-refractivity contribution in [3.63, 3.8) is 0 Å². The highest BCUT2D eigenvalue weighted by Gasteiger charge is 2.38. The van der Waals surface area contributed by atoms with Crippen LogP contribution in [0.2, 0.25) is 0 Å². The highest BCUT2D eigenvalue weighted by Crippen LogP contribution is 2.30. The summed E-state index contributed by atoms with van der Waals surface area (Å²) in [6.07, 6.45) is 4.59. The average Bonchev–Trinajstić information content (AvgIpc) is 3.14. The van der Waals surface area contributed by atoms with Crippen LogP contribution in [0.4, 0.5) is 0 Å². The molecule has 21 heavy (non-hydrogen) atoms. The molecule has 1 aromatic carbocycles. The molecule has 0 bridgehead atoms. The van der Waals surface area contributed by atoms with Gasteiger partial charge in [-0.15, -0.1) is 0 Å². The molecule has 4 nitrogen and oxygen atoms in total. The standard InChI is InChI=1S/C17H21N3O/c1-19-9-3-7-15(19)16-8-4-10-20(16)17(21)14-6-2-5-13(11-14)12-18/h2,5-6,11,15-16H,3-4,7-10H2,1H3/t15-,16-/m0/s1. The number of nitrogens with zero attached hydrogens (tertiary/aromatic N) is 3. The third-order valence-electron chi connectivity index (χ3n) is 4.82. The number of hydrogen-bond acceptors (Lipinski definition) is 3. The molecule has 0 N–H and O–H groups in total. The minimum atomic E-state index is 0.0786. The maximum Gasteiger partial charge on any atom is 0.254 e. The van der Waals surface area contributed by atoms with Crippen LogP contribution in [0.15, 0.2) is 24.3 Å². The molecular formula is C17H21N3O. The Kier molecular flexibility index (Phi) is 3.94. The lowest BCUT2D eigenvalue weighted by Crippen LogP contribution is -2.47. The number of carbonyl (C=O) groups excluding carboxylic acids is 1. The summed E-state index contributed by atoms with van der Waals surface area (Å²) in [5.41, 5.74) is 1.19. The van der Waals surface area contributed by atoms with Gasteiger partial charge in [-0.05, 0) is 57.5 Å². The normalized spacial score (nSPS) is 26.0. The lowest BCUT2D eigenvalue weighted by molar-refractivity contribution is 0.0664. The van der Waals surface area contributed by atoms with Crippen LogP contribution in [0.1, 0.15) is 41.6 Å². The van der Waals surface area contributed by atoms with Crippen LogP contribution in [0, 0.1) is 11.3 Å². The van der Waals surface area contributed by atoms with Crippen LogP contribution in [0.25, 0.3) is 0 Å². The third kappa shape index (κ3) is 2.66. The fourth-order valence-corrected chi connectivity index (χ4v) is 3.75. The topological polar surface area (TPSA) is 47.3 Å². The second kappa shape index (κ2) is 5.87. The van der Waals surface area contributed by atoms with Gasteiger partial charge in [-0.1, -0.05) is 6.07 Å². The minimum absolute atomic E-state index is 0.0786. The zero-order valence-electron chi connectivity index (χ0n) is 12.5. The van der Waals surface area contributed by atoms with Gasteiger partial charge in [0.2, 0.25) is 0 Å². The Balaban J connectivity index is 1.81. The molecule has 2 aliphatic heterocycles. The van der Waals surface area contributed by atoms with Crippen molar-refractivity contribution >= 4 is 5.91 Å². The van der Waals surface area contributed by atoms with Gasteiger partial charge in [0.15, 0.2) is 0 Å². The highest BCUT2D eigenvalue weighted by molar-refractivity contribution is 5.95. The molecule has 3 rings (SSSR count). The summed E-state index contributed by atoms with van der Waals surface area (Å²) in [4.78, 5) is 17.2. The van der Waals surface area contributed by atoms with Crippen molar-refractivity contribution in [3.05, 3.63) is 35.4 Å². The first-order chi connectivity index (χ1) is 10.2. The zero-order chi connectivity index (χ0) is 14.8. The van der Waals surface area contributed by atoms with Crippen molar-refractivity contribution in [1.82, 2.24) is 9.80 Å². The predicted molar refractivity (Wildman–Crippen MR) is 80.9 cm³/mol. The van der Waals surface area contributed by atoms with Crippen molar-refractivity contribution in [2.24, 2.45) is 0 Å². The van der Waals surface area contributed by atoms with Crippen LogP contribution in [-0.4, -0.2) is 47.9 Å². The summed E-state index contributed by atoms with van der Waals surface area (Å²) in [5, 5.41) is 8.99. The lowest BCUT2D eigenvalue weighted by atomic mass is 10.0. The first-order valence-electron chi connectivity index (χ1n) is 7.72. The maximum absolute atomic E-state index is 12.8. The van der Waals surface area contributed by atoms with E-state index in [0.717, 1.165) is 25.9 Å². The Morgan fingerprint density at radius 1 is 1.24 bits per heavy atom. The van der Waals surface area contributed by atoms with Gasteiger partial charge in [-0.3, -0.25) is 4.79 Å². The molecule has 2 saturated heterocycles. The number of hydrogen-bond donors (Lipinski definition) is 0. The molecule has 110 valence electrons. The van der Waals surface area contributed by atoms with E-state index in [1.54, 1.807) is 18.2 Å². The predicted octanol–water partition coefficient (Wildman–Crippen LogP) is 2.26. The fourth-order valence-electron chi connectivity index (χ4n) is 3.75. The van der Waals surface area contributed by atoms with Gasteiger partial charge in [-0.25, -0.2) is 0 Å². The minimum Gasteiger partial charge on any atom is -0.334 e. The van der Waals surface area contributed by atoms with Gasteiger partial charge in [0, 0.05) is 24.2 Å². The van der Waals surface area contributed by atoms with Crippen molar-refractivity contribution < 1.29 is 4.79 Å². The van der Waals surface area contributed by atoms with E-state index in [9.17, 15) is 4.79 Å². The third-order valence-corrected chi connectivity index (χ3v) is 4.82. The van der Waals surface area contributed by atoms with Crippen LogP contribution in [-0.2, 0) is 0 Å². The zero-order valence-corrected chi connectivity index (χ0v) is 12.5. The summed E-state index contributed by atoms with van der Waals surface area (Å²) < 4.78 is 0. The highest BCUT2D eigenvalue weighted by atomic mass is 16.2. The van der Waals surface area contributed by atoms with Crippen LogP contribution < -0.4 is 0 Å². The monoisotopic (exact) mass is 283 g/mol. The van der Waals surface area contributed by atoms with Gasteiger partial charge >= 0.3 is 0 Å². The number of rotatable bonds is 2. The molecule has 0 radical (unpaired) electrons. The van der Waals surface area contributed by atoms with E-state index >= 15 is 0 Å². The van der Waals surface area contributed by atoms with E-state index in [1.807, 2.05) is 11.0 Å².